The summed E-state index contributed by atoms with van der Waals surface area (Å²) in [6.07, 6.45) is 8.48. The molecule has 0 saturated carbocycles. The monoisotopic (exact) mass is 237 g/mol. The summed E-state index contributed by atoms with van der Waals surface area (Å²) in [7, 11) is 2.27. The lowest BCUT2D eigenvalue weighted by atomic mass is 9.92. The third-order valence-electron chi connectivity index (χ3n) is 4.99. The van der Waals surface area contributed by atoms with Gasteiger partial charge < -0.3 is 10.2 Å². The molecular weight excluding hydrogens is 210 g/mol. The molecule has 3 saturated heterocycles. The molecule has 3 heterocycles. The highest BCUT2D eigenvalue weighted by Crippen LogP contribution is 2.28. The van der Waals surface area contributed by atoms with Gasteiger partial charge in [-0.2, -0.15) is 0 Å². The molecule has 3 rings (SSSR count). The molecule has 3 nitrogen and oxygen atoms in total. The molecule has 3 atom stereocenters. The van der Waals surface area contributed by atoms with E-state index in [0.717, 1.165) is 18.1 Å². The Hall–Kier alpha value is -0.120. The second-order valence-electron chi connectivity index (χ2n) is 6.21. The Morgan fingerprint density at radius 1 is 1.00 bits per heavy atom. The van der Waals surface area contributed by atoms with Crippen LogP contribution in [0.2, 0.25) is 0 Å². The lowest BCUT2D eigenvalue weighted by molar-refractivity contribution is 0.0768. The van der Waals surface area contributed by atoms with Crippen LogP contribution in [0.4, 0.5) is 0 Å². The quantitative estimate of drug-likeness (QED) is 0.781. The van der Waals surface area contributed by atoms with E-state index < -0.39 is 0 Å². The van der Waals surface area contributed by atoms with Crippen molar-refractivity contribution in [1.82, 2.24) is 15.1 Å². The van der Waals surface area contributed by atoms with Crippen LogP contribution < -0.4 is 5.32 Å². The average molecular weight is 237 g/mol. The second-order valence-corrected chi connectivity index (χ2v) is 6.21. The van der Waals surface area contributed by atoms with Gasteiger partial charge in [0.25, 0.3) is 0 Å². The fourth-order valence-electron chi connectivity index (χ4n) is 4.09. The Morgan fingerprint density at radius 2 is 1.94 bits per heavy atom. The second kappa shape index (κ2) is 5.25. The maximum Gasteiger partial charge on any atom is 0.0252 e. The number of hydrogen-bond acceptors (Lipinski definition) is 3. The van der Waals surface area contributed by atoms with Gasteiger partial charge in [-0.25, -0.2) is 0 Å². The van der Waals surface area contributed by atoms with Gasteiger partial charge in [0.05, 0.1) is 0 Å². The molecule has 0 aliphatic carbocycles. The van der Waals surface area contributed by atoms with Gasteiger partial charge in [0, 0.05) is 24.7 Å². The van der Waals surface area contributed by atoms with E-state index in [1.165, 1.54) is 64.7 Å². The number of nitrogens with zero attached hydrogens (tertiary/aromatic N) is 2. The summed E-state index contributed by atoms with van der Waals surface area (Å²) in [6, 6.07) is 2.47. The van der Waals surface area contributed by atoms with Crippen LogP contribution in [0.3, 0.4) is 0 Å². The fourth-order valence-corrected chi connectivity index (χ4v) is 4.09. The van der Waals surface area contributed by atoms with Gasteiger partial charge in [-0.3, -0.25) is 4.90 Å². The maximum atomic E-state index is 3.74. The third-order valence-corrected chi connectivity index (χ3v) is 4.99. The molecule has 3 heteroatoms. The fraction of sp³-hybridized carbons (Fsp3) is 1.00. The largest absolute Gasteiger partial charge is 0.312 e. The summed E-state index contributed by atoms with van der Waals surface area (Å²) in [5, 5.41) is 3.74. The van der Waals surface area contributed by atoms with Crippen molar-refractivity contribution in [2.75, 3.05) is 33.2 Å². The minimum Gasteiger partial charge on any atom is -0.312 e. The Kier molecular flexibility index (Phi) is 3.69. The first-order valence-corrected chi connectivity index (χ1v) is 7.52. The zero-order chi connectivity index (χ0) is 11.7. The molecule has 98 valence electrons. The van der Waals surface area contributed by atoms with E-state index in [9.17, 15) is 0 Å². The zero-order valence-electron chi connectivity index (χ0n) is 11.2. The first-order valence-electron chi connectivity index (χ1n) is 7.52. The lowest BCUT2D eigenvalue weighted by Crippen LogP contribution is -2.54. The van der Waals surface area contributed by atoms with Gasteiger partial charge in [-0.05, 0) is 58.8 Å². The summed E-state index contributed by atoms with van der Waals surface area (Å²) in [5.74, 6) is 0. The first-order chi connectivity index (χ1) is 8.34. The van der Waals surface area contributed by atoms with Crippen molar-refractivity contribution in [3.63, 3.8) is 0 Å². The van der Waals surface area contributed by atoms with Gasteiger partial charge in [0.15, 0.2) is 0 Å². The third kappa shape index (κ3) is 2.51. The number of likely N-dealkylation sites (N-methyl/N-ethyl adjacent to an activating group) is 1. The summed E-state index contributed by atoms with van der Waals surface area (Å²) in [6.45, 7) is 5.19. The van der Waals surface area contributed by atoms with Crippen molar-refractivity contribution < 1.29 is 0 Å². The van der Waals surface area contributed by atoms with Crippen LogP contribution in [0.25, 0.3) is 0 Å². The van der Waals surface area contributed by atoms with Crippen molar-refractivity contribution in [2.45, 2.75) is 56.7 Å². The number of nitrogens with one attached hydrogen (secondary N) is 1. The highest BCUT2D eigenvalue weighted by molar-refractivity contribution is 4.95. The van der Waals surface area contributed by atoms with E-state index in [1.807, 2.05) is 0 Å². The van der Waals surface area contributed by atoms with Crippen LogP contribution in [0.15, 0.2) is 0 Å². The normalized spacial score (nSPS) is 41.1. The van der Waals surface area contributed by atoms with Crippen molar-refractivity contribution in [3.8, 4) is 0 Å². The molecule has 3 unspecified atom stereocenters. The summed E-state index contributed by atoms with van der Waals surface area (Å²) in [4.78, 5) is 5.36. The highest BCUT2D eigenvalue weighted by Gasteiger charge is 2.36. The Bertz CT molecular complexity index is 250. The van der Waals surface area contributed by atoms with Gasteiger partial charge in [-0.15, -0.1) is 0 Å². The minimum absolute atomic E-state index is 0.793. The van der Waals surface area contributed by atoms with E-state index in [1.54, 1.807) is 0 Å². The lowest BCUT2D eigenvalue weighted by Gasteiger charge is -2.42. The number of likely N-dealkylation sites (tertiary alicyclic amines) is 2. The molecule has 0 bridgehead atoms. The molecule has 0 spiro atoms. The van der Waals surface area contributed by atoms with Crippen LogP contribution in [0.1, 0.15) is 38.5 Å². The van der Waals surface area contributed by atoms with E-state index in [2.05, 4.69) is 22.2 Å². The number of rotatable bonds is 2. The summed E-state index contributed by atoms with van der Waals surface area (Å²) in [5.41, 5.74) is 0. The van der Waals surface area contributed by atoms with Crippen molar-refractivity contribution in [2.24, 2.45) is 0 Å². The molecule has 3 fully saturated rings. The SMILES string of the molecule is CN1CCC(N2CCCCC2C2CCCN2)C1. The van der Waals surface area contributed by atoms with Gasteiger partial charge in [0.2, 0.25) is 0 Å². The zero-order valence-corrected chi connectivity index (χ0v) is 11.2. The van der Waals surface area contributed by atoms with Crippen LogP contribution in [-0.2, 0) is 0 Å². The first kappa shape index (κ1) is 11.9. The standard InChI is InChI=1S/C14H27N3/c1-16-10-7-12(11-16)17-9-3-2-6-14(17)13-5-4-8-15-13/h12-15H,2-11H2,1H3. The molecular formula is C14H27N3. The maximum absolute atomic E-state index is 3.74. The Labute approximate surface area is 106 Å². The topological polar surface area (TPSA) is 18.5 Å². The van der Waals surface area contributed by atoms with Gasteiger partial charge >= 0.3 is 0 Å². The summed E-state index contributed by atoms with van der Waals surface area (Å²) >= 11 is 0. The smallest absolute Gasteiger partial charge is 0.0252 e. The number of hydrogen-bond donors (Lipinski definition) is 1. The average Bonchev–Trinajstić information content (AvgIpc) is 3.00. The molecule has 0 radical (unpaired) electrons. The molecule has 3 aliphatic heterocycles. The number of piperidine rings is 1. The predicted molar refractivity (Wildman–Crippen MR) is 71.3 cm³/mol. The molecule has 0 amide bonds. The molecule has 0 aromatic heterocycles. The Balaban J connectivity index is 1.66. The van der Waals surface area contributed by atoms with E-state index in [-0.39, 0.29) is 0 Å². The molecule has 17 heavy (non-hydrogen) atoms. The van der Waals surface area contributed by atoms with Crippen molar-refractivity contribution in [1.29, 1.82) is 0 Å². The minimum atomic E-state index is 0.793. The molecule has 0 aromatic carbocycles. The van der Waals surface area contributed by atoms with Crippen molar-refractivity contribution >= 4 is 0 Å². The molecule has 1 N–H and O–H groups in total. The van der Waals surface area contributed by atoms with Crippen LogP contribution >= 0.6 is 0 Å². The van der Waals surface area contributed by atoms with E-state index in [0.29, 0.717) is 0 Å². The van der Waals surface area contributed by atoms with Gasteiger partial charge in [-0.1, -0.05) is 6.42 Å². The van der Waals surface area contributed by atoms with E-state index >= 15 is 0 Å². The van der Waals surface area contributed by atoms with Crippen molar-refractivity contribution in [3.05, 3.63) is 0 Å². The van der Waals surface area contributed by atoms with Crippen LogP contribution in [0.5, 0.6) is 0 Å². The molecule has 3 aliphatic rings. The van der Waals surface area contributed by atoms with Gasteiger partial charge in [0.1, 0.15) is 0 Å². The van der Waals surface area contributed by atoms with Crippen LogP contribution in [-0.4, -0.2) is 61.2 Å². The predicted octanol–water partition coefficient (Wildman–Crippen LogP) is 1.30. The van der Waals surface area contributed by atoms with E-state index in [4.69, 9.17) is 0 Å². The van der Waals surface area contributed by atoms with Crippen LogP contribution in [0, 0.1) is 0 Å². The molecule has 0 aromatic rings. The Morgan fingerprint density at radius 3 is 2.65 bits per heavy atom. The summed E-state index contributed by atoms with van der Waals surface area (Å²) < 4.78 is 0. The highest BCUT2D eigenvalue weighted by atomic mass is 15.3.